The molecular formula is C13H13N3O2. The number of amides is 1. The van der Waals surface area contributed by atoms with Crippen LogP contribution in [0.15, 0.2) is 30.5 Å². The highest BCUT2D eigenvalue weighted by Crippen LogP contribution is 2.26. The largest absolute Gasteiger partial charge is 0.505 e. The highest BCUT2D eigenvalue weighted by atomic mass is 16.3. The van der Waals surface area contributed by atoms with Gasteiger partial charge in [-0.05, 0) is 12.1 Å². The maximum Gasteiger partial charge on any atom is 0.255 e. The van der Waals surface area contributed by atoms with Crippen molar-refractivity contribution in [3.63, 3.8) is 0 Å². The molecule has 0 aliphatic heterocycles. The molecule has 0 aliphatic rings. The fourth-order valence-corrected chi connectivity index (χ4v) is 1.53. The lowest BCUT2D eigenvalue weighted by Gasteiger charge is -2.06. The molecule has 2 rings (SSSR count). The highest BCUT2D eigenvalue weighted by molar-refractivity contribution is 6.02. The number of phenols is 1. The number of nitrogens with zero attached hydrogens (tertiary/aromatic N) is 2. The van der Waals surface area contributed by atoms with E-state index >= 15 is 0 Å². The Bertz CT molecular complexity index is 617. The summed E-state index contributed by atoms with van der Waals surface area (Å²) in [7, 11) is 0. The summed E-state index contributed by atoms with van der Waals surface area (Å²) in [6.45, 7) is -0.0987. The number of carbonyl (C=O) groups excluding carboxylic acids is 1. The van der Waals surface area contributed by atoms with Crippen LogP contribution in [0.25, 0.3) is 10.9 Å². The first-order valence-electron chi connectivity index (χ1n) is 4.96. The maximum absolute atomic E-state index is 11.6. The van der Waals surface area contributed by atoms with Crippen LogP contribution < -0.4 is 5.32 Å². The molecule has 0 fully saturated rings. The molecule has 0 radical (unpaired) electrons. The van der Waals surface area contributed by atoms with Crippen LogP contribution in [0, 0.1) is 11.3 Å². The first kappa shape index (κ1) is 13.5. The minimum Gasteiger partial charge on any atom is -0.505 e. The van der Waals surface area contributed by atoms with Gasteiger partial charge >= 0.3 is 0 Å². The summed E-state index contributed by atoms with van der Waals surface area (Å²) in [5.41, 5.74) is 0.489. The van der Waals surface area contributed by atoms with E-state index in [0.29, 0.717) is 5.52 Å². The minimum absolute atomic E-state index is 0. The summed E-state index contributed by atoms with van der Waals surface area (Å²) in [5.74, 6) is -0.657. The zero-order chi connectivity index (χ0) is 12.3. The van der Waals surface area contributed by atoms with Crippen LogP contribution in [0.1, 0.15) is 17.8 Å². The van der Waals surface area contributed by atoms with Gasteiger partial charge in [0.1, 0.15) is 12.1 Å². The van der Waals surface area contributed by atoms with Crippen molar-refractivity contribution in [2.24, 2.45) is 0 Å². The number of carbonyl (C=O) groups is 1. The summed E-state index contributed by atoms with van der Waals surface area (Å²) in [6.07, 6.45) is 1.54. The van der Waals surface area contributed by atoms with Gasteiger partial charge in [-0.15, -0.1) is 0 Å². The minimum atomic E-state index is -0.489. The molecular weight excluding hydrogens is 230 g/mol. The number of pyridine rings is 1. The Labute approximate surface area is 105 Å². The molecule has 1 aromatic heterocycles. The average Bonchev–Trinajstić information content (AvgIpc) is 2.37. The van der Waals surface area contributed by atoms with Gasteiger partial charge in [-0.25, -0.2) is 0 Å². The molecule has 1 heterocycles. The monoisotopic (exact) mass is 243 g/mol. The topological polar surface area (TPSA) is 86.0 Å². The first-order valence-corrected chi connectivity index (χ1v) is 4.96. The zero-order valence-electron chi connectivity index (χ0n) is 8.84. The van der Waals surface area contributed by atoms with E-state index in [0.717, 1.165) is 5.39 Å². The fourth-order valence-electron chi connectivity index (χ4n) is 1.53. The summed E-state index contributed by atoms with van der Waals surface area (Å²) >= 11 is 0. The molecule has 2 N–H and O–H groups in total. The Morgan fingerprint density at radius 2 is 2.22 bits per heavy atom. The van der Waals surface area contributed by atoms with Gasteiger partial charge in [-0.2, -0.15) is 5.26 Å². The van der Waals surface area contributed by atoms with Gasteiger partial charge in [0.25, 0.3) is 5.91 Å². The molecule has 0 bridgehead atoms. The van der Waals surface area contributed by atoms with E-state index in [9.17, 15) is 9.90 Å². The Balaban J connectivity index is 0.00000162. The van der Waals surface area contributed by atoms with E-state index < -0.39 is 5.91 Å². The molecule has 0 unspecified atom stereocenters. The van der Waals surface area contributed by atoms with Crippen LogP contribution >= 0.6 is 0 Å². The number of benzene rings is 1. The quantitative estimate of drug-likeness (QED) is 0.788. The molecule has 5 nitrogen and oxygen atoms in total. The standard InChI is InChI=1S/C12H9N3O2.CH4/c13-5-7-15-12(17)9-4-3-8-2-1-6-14-10(8)11(9)16;/h1-4,6,16H,7H2,(H,15,17);1H4. The third-order valence-corrected chi connectivity index (χ3v) is 2.32. The molecule has 18 heavy (non-hydrogen) atoms. The van der Waals surface area contributed by atoms with Crippen LogP contribution in [0.4, 0.5) is 0 Å². The van der Waals surface area contributed by atoms with Crippen molar-refractivity contribution in [3.05, 3.63) is 36.0 Å². The van der Waals surface area contributed by atoms with Gasteiger partial charge in [-0.3, -0.25) is 9.78 Å². The number of aromatic nitrogens is 1. The number of aromatic hydroxyl groups is 1. The summed E-state index contributed by atoms with van der Waals surface area (Å²) in [6, 6.07) is 8.54. The number of hydrogen-bond acceptors (Lipinski definition) is 4. The molecule has 0 atom stereocenters. The molecule has 92 valence electrons. The van der Waals surface area contributed by atoms with Gasteiger partial charge in [0.15, 0.2) is 5.75 Å². The highest BCUT2D eigenvalue weighted by Gasteiger charge is 2.13. The Morgan fingerprint density at radius 1 is 1.44 bits per heavy atom. The van der Waals surface area contributed by atoms with Gasteiger partial charge < -0.3 is 10.4 Å². The number of nitriles is 1. The van der Waals surface area contributed by atoms with Crippen molar-refractivity contribution in [2.75, 3.05) is 6.54 Å². The number of phenolic OH excluding ortho intramolecular Hbond substituents is 1. The Hall–Kier alpha value is -2.61. The van der Waals surface area contributed by atoms with E-state index in [1.807, 2.05) is 0 Å². The molecule has 2 aromatic rings. The lowest BCUT2D eigenvalue weighted by Crippen LogP contribution is -2.23. The second-order valence-corrected chi connectivity index (χ2v) is 3.38. The number of fused-ring (bicyclic) bond motifs is 1. The fraction of sp³-hybridized carbons (Fsp3) is 0.154. The average molecular weight is 243 g/mol. The van der Waals surface area contributed by atoms with Crippen molar-refractivity contribution in [2.45, 2.75) is 7.43 Å². The van der Waals surface area contributed by atoms with E-state index in [-0.39, 0.29) is 25.3 Å². The predicted octanol–water partition coefficient (Wildman–Crippen LogP) is 1.83. The van der Waals surface area contributed by atoms with E-state index in [1.165, 1.54) is 6.07 Å². The van der Waals surface area contributed by atoms with Crippen molar-refractivity contribution in [1.29, 1.82) is 5.26 Å². The third-order valence-electron chi connectivity index (χ3n) is 2.32. The molecule has 5 heteroatoms. The van der Waals surface area contributed by atoms with E-state index in [1.54, 1.807) is 30.5 Å². The third kappa shape index (κ3) is 2.38. The van der Waals surface area contributed by atoms with Crippen molar-refractivity contribution in [3.8, 4) is 11.8 Å². The van der Waals surface area contributed by atoms with Gasteiger partial charge in [-0.1, -0.05) is 19.6 Å². The van der Waals surface area contributed by atoms with E-state index in [2.05, 4.69) is 10.3 Å². The molecule has 0 spiro atoms. The van der Waals surface area contributed by atoms with Crippen molar-refractivity contribution >= 4 is 16.8 Å². The normalized spacial score (nSPS) is 9.28. The van der Waals surface area contributed by atoms with E-state index in [4.69, 9.17) is 5.26 Å². The SMILES string of the molecule is C.N#CCNC(=O)c1ccc2cccnc2c1O. The Morgan fingerprint density at radius 3 is 2.94 bits per heavy atom. The second-order valence-electron chi connectivity index (χ2n) is 3.38. The van der Waals surface area contributed by atoms with Gasteiger partial charge in [0.2, 0.25) is 0 Å². The summed E-state index contributed by atoms with van der Waals surface area (Å²) in [4.78, 5) is 15.6. The molecule has 1 amide bonds. The van der Waals surface area contributed by atoms with Gasteiger partial charge in [0, 0.05) is 11.6 Å². The lowest BCUT2D eigenvalue weighted by molar-refractivity contribution is 0.0956. The zero-order valence-corrected chi connectivity index (χ0v) is 8.84. The van der Waals surface area contributed by atoms with Crippen LogP contribution in [0.5, 0.6) is 5.75 Å². The van der Waals surface area contributed by atoms with Crippen LogP contribution in [-0.2, 0) is 0 Å². The number of rotatable bonds is 2. The smallest absolute Gasteiger partial charge is 0.255 e. The number of nitrogens with one attached hydrogen (secondary N) is 1. The maximum atomic E-state index is 11.6. The molecule has 1 aromatic carbocycles. The second kappa shape index (κ2) is 5.64. The van der Waals surface area contributed by atoms with Crippen molar-refractivity contribution in [1.82, 2.24) is 10.3 Å². The van der Waals surface area contributed by atoms with Crippen molar-refractivity contribution < 1.29 is 9.90 Å². The van der Waals surface area contributed by atoms with Crippen LogP contribution in [-0.4, -0.2) is 22.5 Å². The summed E-state index contributed by atoms with van der Waals surface area (Å²) in [5, 5.41) is 21.4. The molecule has 0 saturated heterocycles. The summed E-state index contributed by atoms with van der Waals surface area (Å²) < 4.78 is 0. The molecule has 0 aliphatic carbocycles. The Kier molecular flexibility index (Phi) is 4.22. The number of hydrogen-bond donors (Lipinski definition) is 2. The predicted molar refractivity (Wildman–Crippen MR) is 68.1 cm³/mol. The first-order chi connectivity index (χ1) is 8.24. The molecule has 0 saturated carbocycles. The van der Waals surface area contributed by atoms with Crippen LogP contribution in [0.2, 0.25) is 0 Å². The van der Waals surface area contributed by atoms with Crippen LogP contribution in [0.3, 0.4) is 0 Å². The van der Waals surface area contributed by atoms with Gasteiger partial charge in [0.05, 0.1) is 11.6 Å². The lowest BCUT2D eigenvalue weighted by atomic mass is 10.1.